The van der Waals surface area contributed by atoms with Crippen LogP contribution in [0, 0.1) is 0 Å². The van der Waals surface area contributed by atoms with Gasteiger partial charge in [0, 0.05) is 11.6 Å². The van der Waals surface area contributed by atoms with E-state index in [1.165, 1.54) is 0 Å². The SMILES string of the molecule is C=CC(=O)O.CC(C(=O)O)=C(c1ccccc1)c1ccccc1. The number of hydrogen-bond acceptors (Lipinski definition) is 2. The third-order valence-electron chi connectivity index (χ3n) is 3.00. The number of carboxylic acid groups (broad SMARTS) is 2. The zero-order chi connectivity index (χ0) is 17.2. The van der Waals surface area contributed by atoms with E-state index < -0.39 is 11.9 Å². The smallest absolute Gasteiger partial charge is 0.331 e. The van der Waals surface area contributed by atoms with Crippen LogP contribution in [0.15, 0.2) is 78.9 Å². The van der Waals surface area contributed by atoms with Crippen LogP contribution in [0.25, 0.3) is 5.57 Å². The zero-order valence-corrected chi connectivity index (χ0v) is 12.8. The minimum Gasteiger partial charge on any atom is -0.478 e. The molecule has 2 N–H and O–H groups in total. The van der Waals surface area contributed by atoms with Gasteiger partial charge in [-0.2, -0.15) is 0 Å². The molecule has 0 heterocycles. The summed E-state index contributed by atoms with van der Waals surface area (Å²) in [5.74, 6) is -1.87. The number of carboxylic acids is 2. The van der Waals surface area contributed by atoms with Crippen LogP contribution in [0.5, 0.6) is 0 Å². The van der Waals surface area contributed by atoms with Gasteiger partial charge in [-0.25, -0.2) is 9.59 Å². The number of rotatable bonds is 4. The van der Waals surface area contributed by atoms with Crippen molar-refractivity contribution in [2.24, 2.45) is 0 Å². The molecule has 0 radical (unpaired) electrons. The Labute approximate surface area is 135 Å². The molecule has 0 aliphatic heterocycles. The van der Waals surface area contributed by atoms with Crippen LogP contribution in [0.1, 0.15) is 18.1 Å². The molecule has 0 unspecified atom stereocenters. The van der Waals surface area contributed by atoms with E-state index in [9.17, 15) is 14.7 Å². The van der Waals surface area contributed by atoms with Crippen LogP contribution in [-0.2, 0) is 9.59 Å². The first-order valence-corrected chi connectivity index (χ1v) is 6.87. The van der Waals surface area contributed by atoms with Crippen LogP contribution >= 0.6 is 0 Å². The maximum atomic E-state index is 11.2. The van der Waals surface area contributed by atoms with E-state index in [0.29, 0.717) is 5.57 Å². The molecular formula is C19H18O4. The molecule has 0 fully saturated rings. The van der Waals surface area contributed by atoms with Crippen molar-refractivity contribution in [1.29, 1.82) is 0 Å². The van der Waals surface area contributed by atoms with Gasteiger partial charge in [0.05, 0.1) is 0 Å². The molecule has 0 bridgehead atoms. The molecule has 2 rings (SSSR count). The minimum atomic E-state index is -0.981. The van der Waals surface area contributed by atoms with Crippen LogP contribution in [-0.4, -0.2) is 22.2 Å². The third kappa shape index (κ3) is 5.63. The van der Waals surface area contributed by atoms with Crippen molar-refractivity contribution in [1.82, 2.24) is 0 Å². The third-order valence-corrected chi connectivity index (χ3v) is 3.00. The summed E-state index contributed by atoms with van der Waals surface area (Å²) in [7, 11) is 0. The lowest BCUT2D eigenvalue weighted by Crippen LogP contribution is -2.02. The zero-order valence-electron chi connectivity index (χ0n) is 12.8. The van der Waals surface area contributed by atoms with Gasteiger partial charge < -0.3 is 10.2 Å². The van der Waals surface area contributed by atoms with E-state index in [4.69, 9.17) is 5.11 Å². The van der Waals surface area contributed by atoms with Crippen LogP contribution < -0.4 is 0 Å². The Bertz CT molecular complexity index is 659. The van der Waals surface area contributed by atoms with E-state index >= 15 is 0 Å². The molecule has 2 aromatic rings. The maximum absolute atomic E-state index is 11.2. The normalized spacial score (nSPS) is 9.09. The van der Waals surface area contributed by atoms with Crippen LogP contribution in [0.2, 0.25) is 0 Å². The first-order valence-electron chi connectivity index (χ1n) is 6.87. The van der Waals surface area contributed by atoms with Gasteiger partial charge in [0.25, 0.3) is 0 Å². The Morgan fingerprint density at radius 2 is 1.22 bits per heavy atom. The lowest BCUT2D eigenvalue weighted by Gasteiger charge is -2.10. The fraction of sp³-hybridized carbons (Fsp3) is 0.0526. The standard InChI is InChI=1S/C16H14O2.C3H4O2/c1-12(16(17)18)15(13-8-4-2-5-9-13)14-10-6-3-7-11-14;1-2-3(4)5/h2-11H,1H3,(H,17,18);2H,1H2,(H,4,5). The first-order chi connectivity index (χ1) is 11.0. The fourth-order valence-corrected chi connectivity index (χ4v) is 1.92. The van der Waals surface area contributed by atoms with Gasteiger partial charge in [0.1, 0.15) is 0 Å². The second kappa shape index (κ2) is 9.00. The van der Waals surface area contributed by atoms with E-state index in [-0.39, 0.29) is 0 Å². The second-order valence-corrected chi connectivity index (χ2v) is 4.58. The summed E-state index contributed by atoms with van der Waals surface area (Å²) in [5, 5.41) is 16.8. The first kappa shape index (κ1) is 17.9. The topological polar surface area (TPSA) is 74.6 Å². The highest BCUT2D eigenvalue weighted by Crippen LogP contribution is 2.26. The van der Waals surface area contributed by atoms with E-state index in [1.807, 2.05) is 60.7 Å². The number of hydrogen-bond donors (Lipinski definition) is 2. The molecular weight excluding hydrogens is 292 g/mol. The predicted molar refractivity (Wildman–Crippen MR) is 90.0 cm³/mol. The molecule has 4 nitrogen and oxygen atoms in total. The number of carbonyl (C=O) groups is 2. The van der Waals surface area contributed by atoms with E-state index in [1.54, 1.807) is 6.92 Å². The monoisotopic (exact) mass is 310 g/mol. The van der Waals surface area contributed by atoms with Crippen molar-refractivity contribution < 1.29 is 19.8 Å². The van der Waals surface area contributed by atoms with Gasteiger partial charge in [0.15, 0.2) is 0 Å². The Morgan fingerprint density at radius 1 is 0.870 bits per heavy atom. The van der Waals surface area contributed by atoms with Crippen LogP contribution in [0.4, 0.5) is 0 Å². The van der Waals surface area contributed by atoms with Crippen molar-refractivity contribution >= 4 is 17.5 Å². The Morgan fingerprint density at radius 3 is 1.48 bits per heavy atom. The maximum Gasteiger partial charge on any atom is 0.331 e. The molecule has 0 saturated heterocycles. The Kier molecular flexibility index (Phi) is 7.01. The number of benzene rings is 2. The van der Waals surface area contributed by atoms with Gasteiger partial charge in [-0.15, -0.1) is 0 Å². The Hall–Kier alpha value is -3.14. The quantitative estimate of drug-likeness (QED) is 0.841. The summed E-state index contributed by atoms with van der Waals surface area (Å²) < 4.78 is 0. The largest absolute Gasteiger partial charge is 0.478 e. The van der Waals surface area contributed by atoms with Gasteiger partial charge in [-0.05, 0) is 23.6 Å². The average molecular weight is 310 g/mol. The van der Waals surface area contributed by atoms with Crippen molar-refractivity contribution in [2.75, 3.05) is 0 Å². The summed E-state index contributed by atoms with van der Waals surface area (Å²) in [6.45, 7) is 4.60. The molecule has 4 heteroatoms. The van der Waals surface area contributed by atoms with E-state index in [2.05, 4.69) is 6.58 Å². The van der Waals surface area contributed by atoms with Gasteiger partial charge in [-0.3, -0.25) is 0 Å². The molecule has 118 valence electrons. The molecule has 0 atom stereocenters. The van der Waals surface area contributed by atoms with E-state index in [0.717, 1.165) is 22.8 Å². The molecule has 0 aliphatic rings. The van der Waals surface area contributed by atoms with Crippen LogP contribution in [0.3, 0.4) is 0 Å². The molecule has 0 aliphatic carbocycles. The van der Waals surface area contributed by atoms with Gasteiger partial charge in [-0.1, -0.05) is 67.2 Å². The molecule has 2 aromatic carbocycles. The predicted octanol–water partition coefficient (Wildman–Crippen LogP) is 3.85. The summed E-state index contributed by atoms with van der Waals surface area (Å²) in [6.07, 6.45) is 0.833. The van der Waals surface area contributed by atoms with Crippen molar-refractivity contribution in [3.05, 3.63) is 90.0 Å². The molecule has 0 spiro atoms. The molecule has 23 heavy (non-hydrogen) atoms. The van der Waals surface area contributed by atoms with Crippen molar-refractivity contribution in [3.63, 3.8) is 0 Å². The summed E-state index contributed by atoms with van der Waals surface area (Å²) in [5.41, 5.74) is 2.96. The minimum absolute atomic E-state index is 0.354. The molecule has 0 aromatic heterocycles. The average Bonchev–Trinajstić information content (AvgIpc) is 2.57. The van der Waals surface area contributed by atoms with Crippen molar-refractivity contribution in [3.8, 4) is 0 Å². The summed E-state index contributed by atoms with van der Waals surface area (Å²) in [6, 6.07) is 19.2. The molecule has 0 amide bonds. The highest BCUT2D eigenvalue weighted by atomic mass is 16.4. The van der Waals surface area contributed by atoms with Gasteiger partial charge >= 0.3 is 11.9 Å². The summed E-state index contributed by atoms with van der Waals surface area (Å²) in [4.78, 5) is 20.5. The lowest BCUT2D eigenvalue weighted by atomic mass is 9.94. The van der Waals surface area contributed by atoms with Crippen molar-refractivity contribution in [2.45, 2.75) is 6.92 Å². The number of aliphatic carboxylic acids is 2. The van der Waals surface area contributed by atoms with Gasteiger partial charge in [0.2, 0.25) is 0 Å². The lowest BCUT2D eigenvalue weighted by molar-refractivity contribution is -0.133. The summed E-state index contributed by atoms with van der Waals surface area (Å²) >= 11 is 0. The fourth-order valence-electron chi connectivity index (χ4n) is 1.92. The molecule has 0 saturated carbocycles. The highest BCUT2D eigenvalue weighted by Gasteiger charge is 2.12. The second-order valence-electron chi connectivity index (χ2n) is 4.58. The Balaban J connectivity index is 0.000000463. The highest BCUT2D eigenvalue weighted by molar-refractivity contribution is 6.00.